The van der Waals surface area contributed by atoms with E-state index in [1.807, 2.05) is 30.6 Å². The Morgan fingerprint density at radius 2 is 2.00 bits per heavy atom. The van der Waals surface area contributed by atoms with Gasteiger partial charge in [-0.15, -0.1) is 0 Å². The minimum absolute atomic E-state index is 0.0101. The van der Waals surface area contributed by atoms with Crippen LogP contribution in [-0.4, -0.2) is 24.5 Å². The van der Waals surface area contributed by atoms with Gasteiger partial charge in [0.1, 0.15) is 0 Å². The third kappa shape index (κ3) is 3.21. The van der Waals surface area contributed by atoms with Gasteiger partial charge in [0.2, 0.25) is 0 Å². The first-order valence-corrected chi connectivity index (χ1v) is 9.47. The van der Waals surface area contributed by atoms with Crippen LogP contribution in [0.2, 0.25) is 0 Å². The van der Waals surface area contributed by atoms with E-state index in [2.05, 4.69) is 63.8 Å². The van der Waals surface area contributed by atoms with E-state index in [-0.39, 0.29) is 12.1 Å². The summed E-state index contributed by atoms with van der Waals surface area (Å²) in [5.74, 6) is 0. The summed E-state index contributed by atoms with van der Waals surface area (Å²) in [6.07, 6.45) is 5.53. The third-order valence-electron chi connectivity index (χ3n) is 5.41. The number of pyridine rings is 2. The molecule has 0 spiro atoms. The monoisotopic (exact) mass is 377 g/mol. The summed E-state index contributed by atoms with van der Waals surface area (Å²) in [7, 11) is 2.11. The van der Waals surface area contributed by atoms with E-state index in [9.17, 15) is 0 Å². The van der Waals surface area contributed by atoms with Gasteiger partial charge in [0.05, 0.1) is 17.8 Å². The quantitative estimate of drug-likeness (QED) is 0.704. The highest BCUT2D eigenvalue weighted by Gasteiger charge is 2.41. The molecule has 1 N–H and O–H groups in total. The molecule has 5 nitrogen and oxygen atoms in total. The normalized spacial score (nSPS) is 19.4. The first-order chi connectivity index (χ1) is 13.1. The molecule has 1 saturated heterocycles. The van der Waals surface area contributed by atoms with Gasteiger partial charge in [-0.2, -0.15) is 0 Å². The topological polar surface area (TPSA) is 46.0 Å². The minimum Gasteiger partial charge on any atom is -0.352 e. The molecule has 2 unspecified atom stereocenters. The Kier molecular flexibility index (Phi) is 4.66. The lowest BCUT2D eigenvalue weighted by Gasteiger charge is -2.28. The predicted octanol–water partition coefficient (Wildman–Crippen LogP) is 3.60. The smallest absolute Gasteiger partial charge is 0.170 e. The summed E-state index contributed by atoms with van der Waals surface area (Å²) in [4.78, 5) is 11.1. The number of aromatic nitrogens is 3. The third-order valence-corrected chi connectivity index (χ3v) is 5.76. The summed E-state index contributed by atoms with van der Waals surface area (Å²) in [5.41, 5.74) is 5.91. The molecule has 4 heterocycles. The fourth-order valence-electron chi connectivity index (χ4n) is 3.79. The molecule has 1 aliphatic rings. The van der Waals surface area contributed by atoms with Gasteiger partial charge in [0, 0.05) is 43.6 Å². The van der Waals surface area contributed by atoms with E-state index in [4.69, 9.17) is 12.2 Å². The van der Waals surface area contributed by atoms with Crippen LogP contribution in [-0.2, 0) is 13.6 Å². The number of nitrogens with zero attached hydrogens (tertiary/aromatic N) is 4. The fourth-order valence-corrected chi connectivity index (χ4v) is 4.09. The molecule has 1 fully saturated rings. The largest absolute Gasteiger partial charge is 0.352 e. The van der Waals surface area contributed by atoms with Crippen LogP contribution < -0.4 is 5.32 Å². The molecule has 0 bridgehead atoms. The van der Waals surface area contributed by atoms with Crippen molar-refractivity contribution in [3.8, 4) is 0 Å². The van der Waals surface area contributed by atoms with Crippen LogP contribution >= 0.6 is 12.2 Å². The Morgan fingerprint density at radius 3 is 2.63 bits per heavy atom. The lowest BCUT2D eigenvalue weighted by Crippen LogP contribution is -2.29. The van der Waals surface area contributed by atoms with E-state index in [0.717, 1.165) is 16.4 Å². The second kappa shape index (κ2) is 7.12. The van der Waals surface area contributed by atoms with E-state index < -0.39 is 0 Å². The van der Waals surface area contributed by atoms with Crippen molar-refractivity contribution < 1.29 is 0 Å². The van der Waals surface area contributed by atoms with Crippen LogP contribution in [0.15, 0.2) is 55.0 Å². The Morgan fingerprint density at radius 1 is 1.15 bits per heavy atom. The summed E-state index contributed by atoms with van der Waals surface area (Å²) >= 11 is 5.74. The Bertz CT molecular complexity index is 951. The molecule has 0 radical (unpaired) electrons. The summed E-state index contributed by atoms with van der Waals surface area (Å²) < 4.78 is 2.23. The van der Waals surface area contributed by atoms with E-state index in [1.54, 1.807) is 6.20 Å². The van der Waals surface area contributed by atoms with Crippen LogP contribution in [0.4, 0.5) is 0 Å². The standard InChI is InChI=1S/C21H23N5S/c1-14-11-17(15(2)25(14)3)20-19(18-8-4-5-10-23-18)24-21(27)26(20)13-16-7-6-9-22-12-16/h4-12,19-20H,13H2,1-3H3,(H,24,27). The van der Waals surface area contributed by atoms with Gasteiger partial charge in [-0.25, -0.2) is 0 Å². The van der Waals surface area contributed by atoms with Crippen molar-refractivity contribution in [2.45, 2.75) is 32.5 Å². The minimum atomic E-state index is 0.0101. The second-order valence-electron chi connectivity index (χ2n) is 7.00. The van der Waals surface area contributed by atoms with Gasteiger partial charge < -0.3 is 14.8 Å². The molecule has 0 aromatic carbocycles. The van der Waals surface area contributed by atoms with Crippen molar-refractivity contribution in [1.29, 1.82) is 0 Å². The highest BCUT2D eigenvalue weighted by atomic mass is 32.1. The van der Waals surface area contributed by atoms with Gasteiger partial charge in [-0.05, 0) is 61.5 Å². The molecule has 6 heteroatoms. The molecule has 3 aromatic heterocycles. The SMILES string of the molecule is Cc1cc(C2C(c3ccccn3)NC(=S)N2Cc2cccnc2)c(C)n1C. The number of hydrogen-bond acceptors (Lipinski definition) is 3. The first kappa shape index (κ1) is 17.7. The maximum Gasteiger partial charge on any atom is 0.170 e. The predicted molar refractivity (Wildman–Crippen MR) is 110 cm³/mol. The molecule has 0 amide bonds. The van der Waals surface area contributed by atoms with E-state index in [0.29, 0.717) is 6.54 Å². The van der Waals surface area contributed by atoms with Crippen molar-refractivity contribution in [1.82, 2.24) is 24.8 Å². The lowest BCUT2D eigenvalue weighted by molar-refractivity contribution is 0.309. The van der Waals surface area contributed by atoms with Crippen molar-refractivity contribution in [2.75, 3.05) is 0 Å². The van der Waals surface area contributed by atoms with E-state index in [1.165, 1.54) is 17.0 Å². The number of thiocarbonyl (C=S) groups is 1. The second-order valence-corrected chi connectivity index (χ2v) is 7.39. The number of hydrogen-bond donors (Lipinski definition) is 1. The van der Waals surface area contributed by atoms with Gasteiger partial charge in [-0.3, -0.25) is 9.97 Å². The van der Waals surface area contributed by atoms with Crippen LogP contribution in [0.1, 0.15) is 40.3 Å². The number of rotatable bonds is 4. The van der Waals surface area contributed by atoms with Gasteiger partial charge >= 0.3 is 0 Å². The van der Waals surface area contributed by atoms with Crippen molar-refractivity contribution in [3.63, 3.8) is 0 Å². The molecule has 4 rings (SSSR count). The zero-order valence-corrected chi connectivity index (χ0v) is 16.6. The van der Waals surface area contributed by atoms with Gasteiger partial charge in [0.25, 0.3) is 0 Å². The van der Waals surface area contributed by atoms with Crippen LogP contribution in [0, 0.1) is 13.8 Å². The molecule has 2 atom stereocenters. The van der Waals surface area contributed by atoms with Crippen LogP contribution in [0.25, 0.3) is 0 Å². The molecular weight excluding hydrogens is 354 g/mol. The van der Waals surface area contributed by atoms with Crippen molar-refractivity contribution >= 4 is 17.3 Å². The Labute approximate surface area is 165 Å². The average molecular weight is 378 g/mol. The summed E-state index contributed by atoms with van der Waals surface area (Å²) in [6, 6.07) is 12.4. The molecule has 1 aliphatic heterocycles. The number of aryl methyl sites for hydroxylation is 1. The molecule has 138 valence electrons. The Hall–Kier alpha value is -2.73. The lowest BCUT2D eigenvalue weighted by atomic mass is 9.96. The summed E-state index contributed by atoms with van der Waals surface area (Å²) in [5, 5.41) is 4.26. The zero-order valence-electron chi connectivity index (χ0n) is 15.8. The highest BCUT2D eigenvalue weighted by molar-refractivity contribution is 7.80. The fraction of sp³-hybridized carbons (Fsp3) is 0.286. The van der Waals surface area contributed by atoms with Crippen LogP contribution in [0.3, 0.4) is 0 Å². The first-order valence-electron chi connectivity index (χ1n) is 9.06. The number of nitrogens with one attached hydrogen (secondary N) is 1. The van der Waals surface area contributed by atoms with Gasteiger partial charge in [-0.1, -0.05) is 12.1 Å². The average Bonchev–Trinajstić information content (AvgIpc) is 3.14. The van der Waals surface area contributed by atoms with Crippen molar-refractivity contribution in [2.24, 2.45) is 7.05 Å². The van der Waals surface area contributed by atoms with Crippen LogP contribution in [0.5, 0.6) is 0 Å². The highest BCUT2D eigenvalue weighted by Crippen LogP contribution is 2.41. The summed E-state index contributed by atoms with van der Waals surface area (Å²) in [6.45, 7) is 5.01. The maximum absolute atomic E-state index is 5.74. The van der Waals surface area contributed by atoms with E-state index >= 15 is 0 Å². The van der Waals surface area contributed by atoms with Crippen molar-refractivity contribution in [3.05, 3.63) is 83.2 Å². The molecular formula is C21H23N5S. The zero-order chi connectivity index (χ0) is 19.0. The molecule has 0 saturated carbocycles. The van der Waals surface area contributed by atoms with Gasteiger partial charge in [0.15, 0.2) is 5.11 Å². The molecule has 27 heavy (non-hydrogen) atoms. The maximum atomic E-state index is 5.74. The molecule has 3 aromatic rings. The Balaban J connectivity index is 1.79. The molecule has 0 aliphatic carbocycles.